The maximum absolute atomic E-state index is 12.1. The molecule has 2 aliphatic rings. The first-order valence-corrected chi connectivity index (χ1v) is 15.6. The van der Waals surface area contributed by atoms with Crippen LogP contribution in [0.1, 0.15) is 81.0 Å². The van der Waals surface area contributed by atoms with Crippen molar-refractivity contribution >= 4 is 35.1 Å². The maximum Gasteiger partial charge on any atom is 0.341 e. The van der Waals surface area contributed by atoms with Gasteiger partial charge in [-0.3, -0.25) is 0 Å². The molecule has 14 heteroatoms. The molecule has 2 saturated carbocycles. The number of aromatic nitrogens is 6. The molecule has 2 fully saturated rings. The number of hydrogen-bond acceptors (Lipinski definition) is 9. The number of esters is 1. The van der Waals surface area contributed by atoms with Crippen molar-refractivity contribution in [2.75, 3.05) is 13.2 Å². The first kappa shape index (κ1) is 33.2. The largest absolute Gasteiger partial charge is 0.478 e. The molecule has 244 valence electrons. The van der Waals surface area contributed by atoms with Crippen LogP contribution in [-0.2, 0) is 4.74 Å². The molecule has 0 radical (unpaired) electrons. The summed E-state index contributed by atoms with van der Waals surface area (Å²) in [5, 5.41) is 17.5. The number of halogens is 2. The fourth-order valence-electron chi connectivity index (χ4n) is 3.98. The third kappa shape index (κ3) is 8.76. The molecule has 0 saturated heterocycles. The van der Waals surface area contributed by atoms with E-state index in [0.29, 0.717) is 42.0 Å². The average molecular weight is 672 g/mol. The van der Waals surface area contributed by atoms with Crippen LogP contribution in [0.2, 0.25) is 10.3 Å². The van der Waals surface area contributed by atoms with E-state index in [0.717, 1.165) is 0 Å². The molecular formula is C32H36Cl2N6O6. The van der Waals surface area contributed by atoms with Crippen LogP contribution in [0.25, 0.3) is 11.6 Å². The van der Waals surface area contributed by atoms with Gasteiger partial charge in [-0.25, -0.2) is 28.9 Å². The van der Waals surface area contributed by atoms with Crippen molar-refractivity contribution in [1.29, 1.82) is 0 Å². The number of carboxylic acids is 1. The van der Waals surface area contributed by atoms with Crippen LogP contribution < -0.4 is 9.47 Å². The predicted octanol–water partition coefficient (Wildman–Crippen LogP) is 6.85. The van der Waals surface area contributed by atoms with E-state index in [-0.39, 0.29) is 26.8 Å². The lowest BCUT2D eigenvalue weighted by molar-refractivity contribution is 0.00690. The first-order chi connectivity index (χ1) is 21.6. The summed E-state index contributed by atoms with van der Waals surface area (Å²) in [5.74, 6) is 0.396. The van der Waals surface area contributed by atoms with E-state index in [1.165, 1.54) is 36.4 Å². The number of hydrogen-bond donors (Lipinski definition) is 1. The zero-order valence-corrected chi connectivity index (χ0v) is 27.8. The van der Waals surface area contributed by atoms with Crippen molar-refractivity contribution in [3.63, 3.8) is 0 Å². The normalized spacial score (nSPS) is 15.7. The van der Waals surface area contributed by atoms with Gasteiger partial charge in [-0.1, -0.05) is 37.0 Å². The molecule has 4 heterocycles. The fraction of sp³-hybridized carbons (Fsp3) is 0.438. The van der Waals surface area contributed by atoms with E-state index in [1.807, 2.05) is 0 Å². The Hall–Kier alpha value is -4.16. The van der Waals surface area contributed by atoms with Crippen LogP contribution >= 0.6 is 23.2 Å². The van der Waals surface area contributed by atoms with Crippen molar-refractivity contribution < 1.29 is 28.9 Å². The SMILES string of the molecule is CC1(COc2ccn(-c3ccc(C(=O)O)c(Cl)n3)n2)CC1.CC1(COc2ccn(-c3ccc(C(=O)OC(C)(C)C)c(Cl)n3)n2)CC1. The van der Waals surface area contributed by atoms with E-state index in [2.05, 4.69) is 34.0 Å². The van der Waals surface area contributed by atoms with Crippen LogP contribution in [0, 0.1) is 10.8 Å². The highest BCUT2D eigenvalue weighted by Crippen LogP contribution is 2.45. The third-order valence-electron chi connectivity index (χ3n) is 7.46. The van der Waals surface area contributed by atoms with Crippen molar-refractivity contribution in [1.82, 2.24) is 29.5 Å². The summed E-state index contributed by atoms with van der Waals surface area (Å²) in [5.41, 5.74) is 0.178. The quantitative estimate of drug-likeness (QED) is 0.140. The molecule has 1 N–H and O–H groups in total. The number of carboxylic acid groups (broad SMARTS) is 1. The summed E-state index contributed by atoms with van der Waals surface area (Å²) >= 11 is 12.0. The van der Waals surface area contributed by atoms with Crippen molar-refractivity contribution in [3.8, 4) is 23.4 Å². The molecule has 12 nitrogen and oxygen atoms in total. The van der Waals surface area contributed by atoms with Gasteiger partial charge in [0.2, 0.25) is 11.8 Å². The summed E-state index contributed by atoms with van der Waals surface area (Å²) in [4.78, 5) is 31.3. The molecular weight excluding hydrogens is 635 g/mol. The monoisotopic (exact) mass is 670 g/mol. The number of pyridine rings is 2. The molecule has 0 aliphatic heterocycles. The summed E-state index contributed by atoms with van der Waals surface area (Å²) < 4.78 is 19.7. The highest BCUT2D eigenvalue weighted by molar-refractivity contribution is 6.32. The second-order valence-electron chi connectivity index (χ2n) is 13.2. The molecule has 0 amide bonds. The number of rotatable bonds is 10. The predicted molar refractivity (Wildman–Crippen MR) is 171 cm³/mol. The summed E-state index contributed by atoms with van der Waals surface area (Å²) in [6.07, 6.45) is 8.19. The Morgan fingerprint density at radius 1 is 0.783 bits per heavy atom. The molecule has 4 aromatic rings. The van der Waals surface area contributed by atoms with Gasteiger partial charge >= 0.3 is 11.9 Å². The summed E-state index contributed by atoms with van der Waals surface area (Å²) in [6, 6.07) is 9.74. The minimum atomic E-state index is -1.11. The van der Waals surface area contributed by atoms with E-state index in [9.17, 15) is 9.59 Å². The molecule has 46 heavy (non-hydrogen) atoms. The van der Waals surface area contributed by atoms with Gasteiger partial charge in [0.25, 0.3) is 0 Å². The Kier molecular flexibility index (Phi) is 9.33. The number of aromatic carboxylic acids is 1. The van der Waals surface area contributed by atoms with Gasteiger partial charge in [-0.2, -0.15) is 0 Å². The van der Waals surface area contributed by atoms with Crippen molar-refractivity contribution in [3.05, 3.63) is 70.2 Å². The van der Waals surface area contributed by atoms with Crippen LogP contribution in [0.15, 0.2) is 48.8 Å². The maximum atomic E-state index is 12.1. The fourth-order valence-corrected chi connectivity index (χ4v) is 4.44. The van der Waals surface area contributed by atoms with Crippen LogP contribution in [-0.4, -0.2) is 65.4 Å². The van der Waals surface area contributed by atoms with Crippen molar-refractivity contribution in [2.45, 2.75) is 65.9 Å². The number of carbonyl (C=O) groups is 2. The van der Waals surface area contributed by atoms with Gasteiger partial charge < -0.3 is 19.3 Å². The van der Waals surface area contributed by atoms with Crippen molar-refractivity contribution in [2.24, 2.45) is 10.8 Å². The molecule has 0 aromatic carbocycles. The Morgan fingerprint density at radius 2 is 1.22 bits per heavy atom. The van der Waals surface area contributed by atoms with Gasteiger partial charge in [0.05, 0.1) is 24.3 Å². The van der Waals surface area contributed by atoms with Crippen LogP contribution in [0.3, 0.4) is 0 Å². The molecule has 0 bridgehead atoms. The molecule has 0 unspecified atom stereocenters. The third-order valence-corrected chi connectivity index (χ3v) is 8.04. The van der Waals surface area contributed by atoms with Crippen LogP contribution in [0.5, 0.6) is 11.8 Å². The summed E-state index contributed by atoms with van der Waals surface area (Å²) in [6.45, 7) is 11.1. The lowest BCUT2D eigenvalue weighted by Crippen LogP contribution is -2.24. The zero-order valence-electron chi connectivity index (χ0n) is 26.3. The molecule has 0 spiro atoms. The van der Waals surface area contributed by atoms with E-state index in [1.54, 1.807) is 68.2 Å². The number of ether oxygens (including phenoxy) is 3. The number of carbonyl (C=O) groups excluding carboxylic acids is 1. The Morgan fingerprint density at radius 3 is 1.59 bits per heavy atom. The van der Waals surface area contributed by atoms with E-state index in [4.69, 9.17) is 42.5 Å². The molecule has 6 rings (SSSR count). The first-order valence-electron chi connectivity index (χ1n) is 14.8. The Labute approximate surface area is 276 Å². The van der Waals surface area contributed by atoms with Gasteiger partial charge in [0, 0.05) is 35.4 Å². The minimum Gasteiger partial charge on any atom is -0.478 e. The lowest BCUT2D eigenvalue weighted by Gasteiger charge is -2.19. The Balaban J connectivity index is 0.000000184. The zero-order chi connectivity index (χ0) is 33.3. The van der Waals surface area contributed by atoms with Gasteiger partial charge in [-0.15, -0.1) is 10.2 Å². The van der Waals surface area contributed by atoms with Gasteiger partial charge in [0.15, 0.2) is 11.6 Å². The van der Waals surface area contributed by atoms with Gasteiger partial charge in [0.1, 0.15) is 15.9 Å². The highest BCUT2D eigenvalue weighted by Gasteiger charge is 2.39. The topological polar surface area (TPSA) is 143 Å². The van der Waals surface area contributed by atoms with E-state index < -0.39 is 17.5 Å². The second-order valence-corrected chi connectivity index (χ2v) is 13.9. The summed E-state index contributed by atoms with van der Waals surface area (Å²) in [7, 11) is 0. The smallest absolute Gasteiger partial charge is 0.341 e. The number of nitrogens with zero attached hydrogens (tertiary/aromatic N) is 6. The second kappa shape index (κ2) is 12.9. The average Bonchev–Trinajstić information content (AvgIpc) is 3.74. The Bertz CT molecular complexity index is 1740. The van der Waals surface area contributed by atoms with Crippen LogP contribution in [0.4, 0.5) is 0 Å². The van der Waals surface area contributed by atoms with E-state index >= 15 is 0 Å². The van der Waals surface area contributed by atoms with Gasteiger partial charge in [-0.05, 0) is 70.7 Å². The minimum absolute atomic E-state index is 0.0364. The standard InChI is InChI=1S/C18H22ClN3O3.C14H14ClN3O3/c1-17(2,3)25-16(23)12-5-6-13(20-15(12)19)22-10-7-14(21-22)24-11-18(4)8-9-18;1-14(5-6-14)8-21-11-4-7-18(17-11)10-3-2-9(13(19)20)12(15)16-10/h5-7,10H,8-9,11H2,1-4H3;2-4,7H,5-6,8H2,1H3,(H,19,20). The molecule has 2 aliphatic carbocycles. The lowest BCUT2D eigenvalue weighted by atomic mass is 10.2. The highest BCUT2D eigenvalue weighted by atomic mass is 35.5. The molecule has 4 aromatic heterocycles. The molecule has 0 atom stereocenters.